The van der Waals surface area contributed by atoms with Crippen LogP contribution in [0.5, 0.6) is 0 Å². The summed E-state index contributed by atoms with van der Waals surface area (Å²) >= 11 is 0. The van der Waals surface area contributed by atoms with Crippen molar-refractivity contribution in [3.05, 3.63) is 339 Å². The first-order valence-corrected chi connectivity index (χ1v) is 32.5. The van der Waals surface area contributed by atoms with Crippen molar-refractivity contribution in [3.63, 3.8) is 0 Å². The van der Waals surface area contributed by atoms with Crippen molar-refractivity contribution in [2.24, 2.45) is 0 Å². The van der Waals surface area contributed by atoms with Crippen LogP contribution in [0.1, 0.15) is 5.56 Å². The molecule has 0 bridgehead atoms. The molecule has 0 atom stereocenters. The second-order valence-electron chi connectivity index (χ2n) is 24.8. The Morgan fingerprint density at radius 2 is 0.510 bits per heavy atom. The molecule has 0 unspecified atom stereocenters. The summed E-state index contributed by atoms with van der Waals surface area (Å²) in [6, 6.07) is 122. The van der Waals surface area contributed by atoms with Crippen LogP contribution in [0, 0.1) is 11.3 Å². The van der Waals surface area contributed by atoms with Crippen LogP contribution >= 0.6 is 0 Å². The van der Waals surface area contributed by atoms with Crippen LogP contribution in [0.4, 0.5) is 0 Å². The Hall–Kier alpha value is -13.2. The molecule has 5 aromatic heterocycles. The third-order valence-corrected chi connectivity index (χ3v) is 19.4. The van der Waals surface area contributed by atoms with Crippen LogP contribution in [0.15, 0.2) is 334 Å². The summed E-state index contributed by atoms with van der Waals surface area (Å²) in [6.45, 7) is 0. The highest BCUT2D eigenvalue weighted by molar-refractivity contribution is 6.15. The van der Waals surface area contributed by atoms with E-state index in [1.54, 1.807) is 0 Å². The van der Waals surface area contributed by atoms with Crippen molar-refractivity contribution in [3.8, 4) is 96.1 Å². The monoisotopic (exact) mass is 1220 g/mol. The quantitative estimate of drug-likeness (QED) is 0.137. The molecule has 0 fully saturated rings. The second-order valence-corrected chi connectivity index (χ2v) is 24.8. The summed E-state index contributed by atoms with van der Waals surface area (Å²) in [5.41, 5.74) is 25.5. The van der Waals surface area contributed by atoms with Crippen molar-refractivity contribution in [1.82, 2.24) is 28.2 Å². The van der Waals surface area contributed by atoms with Crippen molar-refractivity contribution < 1.29 is 0 Å². The summed E-state index contributed by atoms with van der Waals surface area (Å²) in [4.78, 5) is 10.5. The summed E-state index contributed by atoms with van der Waals surface area (Å²) in [5, 5.41) is 19.7. The van der Waals surface area contributed by atoms with Crippen LogP contribution in [0.25, 0.3) is 177 Å². The van der Waals surface area contributed by atoms with Crippen molar-refractivity contribution in [2.45, 2.75) is 0 Å². The van der Waals surface area contributed by atoms with Gasteiger partial charge in [-0.25, -0.2) is 9.97 Å². The van der Waals surface area contributed by atoms with Crippen LogP contribution < -0.4 is 0 Å². The number of aromatic nitrogens is 6. The van der Waals surface area contributed by atoms with Gasteiger partial charge in [-0.1, -0.05) is 182 Å². The van der Waals surface area contributed by atoms with Gasteiger partial charge in [-0.3, -0.25) is 0 Å². The van der Waals surface area contributed by atoms with E-state index in [-0.39, 0.29) is 0 Å². The third-order valence-electron chi connectivity index (χ3n) is 19.4. The molecule has 0 aliphatic rings. The van der Waals surface area contributed by atoms with Gasteiger partial charge in [0.25, 0.3) is 0 Å². The molecule has 96 heavy (non-hydrogen) atoms. The molecule has 14 aromatic carbocycles. The zero-order valence-corrected chi connectivity index (χ0v) is 51.9. The SMILES string of the molecule is N#Cc1cccc(-c2cc(-c3ccc(-c4ccc(-n5c6ccccc6c6cc(-c7ccc8c(c7)c7ccccc7n8-c7ccccc7)ccc65)cc4)cc3)nc(-c3ccc(-n4c5ccccc5c5cc(-c6ccc7c(c6)c6ccccc6n7-c6ccccc6)ccc54)cc3)n2)c1. The molecule has 19 aromatic rings. The van der Waals surface area contributed by atoms with Gasteiger partial charge in [0.1, 0.15) is 0 Å². The predicted octanol–water partition coefficient (Wildman–Crippen LogP) is 22.7. The highest BCUT2D eigenvalue weighted by Gasteiger charge is 2.21. The zero-order valence-electron chi connectivity index (χ0n) is 51.9. The van der Waals surface area contributed by atoms with E-state index in [1.807, 2.05) is 30.3 Å². The smallest absolute Gasteiger partial charge is 0.160 e. The molecule has 0 aliphatic carbocycles. The summed E-state index contributed by atoms with van der Waals surface area (Å²) < 4.78 is 9.47. The van der Waals surface area contributed by atoms with Crippen molar-refractivity contribution in [2.75, 3.05) is 0 Å². The van der Waals surface area contributed by atoms with E-state index in [4.69, 9.17) is 9.97 Å². The standard InChI is InChI=1S/C89H55N7/c90-56-57-16-15-17-66(50-57)80-55-79(91-89(92-80)61-36-44-70(45-37-61)96-84-29-14-10-25-74(84)78-54-65(41-49-88(78)96)63-39-47-86-76(52-63)72-23-8-12-27-82(72)94(86)68-20-5-2-6-21-68)60-32-30-58(31-33-60)59-34-42-69(43-35-59)95-83-28-13-9-24-73(83)77-53-64(40-48-87(77)95)62-38-46-85-75(51-62)71-22-7-11-26-81(71)93(85)67-18-3-1-4-19-67/h1-55H. The molecule has 0 N–H and O–H groups in total. The number of rotatable bonds is 10. The Morgan fingerprint density at radius 3 is 0.896 bits per heavy atom. The first-order valence-electron chi connectivity index (χ1n) is 32.5. The lowest BCUT2D eigenvalue weighted by Gasteiger charge is -2.12. The zero-order chi connectivity index (χ0) is 63.4. The maximum Gasteiger partial charge on any atom is 0.160 e. The Balaban J connectivity index is 0.629. The molecule has 0 saturated heterocycles. The van der Waals surface area contributed by atoms with E-state index in [0.29, 0.717) is 11.4 Å². The molecule has 0 saturated carbocycles. The highest BCUT2D eigenvalue weighted by atomic mass is 15.0. The lowest BCUT2D eigenvalue weighted by molar-refractivity contribution is 1.16. The minimum Gasteiger partial charge on any atom is -0.309 e. The molecular formula is C89H55N7. The van der Waals surface area contributed by atoms with E-state index in [0.717, 1.165) is 89.6 Å². The van der Waals surface area contributed by atoms with Gasteiger partial charge in [0, 0.05) is 82.5 Å². The Bertz CT molecular complexity index is 6360. The molecule has 0 spiro atoms. The van der Waals surface area contributed by atoms with Crippen LogP contribution in [-0.4, -0.2) is 28.2 Å². The Labute approximate surface area is 552 Å². The third kappa shape index (κ3) is 8.89. The predicted molar refractivity (Wildman–Crippen MR) is 397 cm³/mol. The van der Waals surface area contributed by atoms with Crippen molar-refractivity contribution >= 4 is 87.2 Å². The van der Waals surface area contributed by atoms with Gasteiger partial charge in [-0.15, -0.1) is 0 Å². The summed E-state index contributed by atoms with van der Waals surface area (Å²) in [5.74, 6) is 0.595. The molecule has 5 heterocycles. The normalized spacial score (nSPS) is 11.7. The van der Waals surface area contributed by atoms with Crippen LogP contribution in [-0.2, 0) is 0 Å². The van der Waals surface area contributed by atoms with E-state index < -0.39 is 0 Å². The molecule has 19 rings (SSSR count). The maximum absolute atomic E-state index is 9.98. The lowest BCUT2D eigenvalue weighted by atomic mass is 10.0. The molecule has 0 amide bonds. The fraction of sp³-hybridized carbons (Fsp3) is 0. The van der Waals surface area contributed by atoms with Crippen LogP contribution in [0.2, 0.25) is 0 Å². The minimum atomic E-state index is 0.571. The highest BCUT2D eigenvalue weighted by Crippen LogP contribution is 2.42. The lowest BCUT2D eigenvalue weighted by Crippen LogP contribution is -1.97. The number of nitriles is 1. The van der Waals surface area contributed by atoms with Crippen molar-refractivity contribution in [1.29, 1.82) is 5.26 Å². The van der Waals surface area contributed by atoms with Gasteiger partial charge < -0.3 is 18.3 Å². The number of benzene rings is 14. The summed E-state index contributed by atoms with van der Waals surface area (Å²) in [7, 11) is 0. The van der Waals surface area contributed by atoms with Gasteiger partial charge in [0.05, 0.1) is 67.2 Å². The maximum atomic E-state index is 9.98. The Kier molecular flexibility index (Phi) is 12.5. The largest absolute Gasteiger partial charge is 0.309 e. The fourth-order valence-electron chi connectivity index (χ4n) is 14.9. The van der Waals surface area contributed by atoms with Gasteiger partial charge in [-0.05, 0) is 185 Å². The molecular weight excluding hydrogens is 1170 g/mol. The number of nitrogens with zero attached hydrogens (tertiary/aromatic N) is 7. The van der Waals surface area contributed by atoms with Gasteiger partial charge in [-0.2, -0.15) is 5.26 Å². The van der Waals surface area contributed by atoms with E-state index >= 15 is 0 Å². The number of para-hydroxylation sites is 6. The van der Waals surface area contributed by atoms with Crippen LogP contribution in [0.3, 0.4) is 0 Å². The number of hydrogen-bond donors (Lipinski definition) is 0. The first-order chi connectivity index (χ1) is 47.5. The van der Waals surface area contributed by atoms with Gasteiger partial charge in [0.15, 0.2) is 5.82 Å². The topological polar surface area (TPSA) is 69.3 Å². The fourth-order valence-corrected chi connectivity index (χ4v) is 14.9. The average Bonchev–Trinajstić information content (AvgIpc) is 1.60. The minimum absolute atomic E-state index is 0.571. The van der Waals surface area contributed by atoms with E-state index in [2.05, 4.69) is 328 Å². The molecule has 446 valence electrons. The number of hydrogen-bond acceptors (Lipinski definition) is 3. The van der Waals surface area contributed by atoms with E-state index in [9.17, 15) is 5.26 Å². The Morgan fingerprint density at radius 1 is 0.208 bits per heavy atom. The first kappa shape index (κ1) is 54.6. The molecule has 0 radical (unpaired) electrons. The van der Waals surface area contributed by atoms with E-state index in [1.165, 1.54) is 81.8 Å². The number of fused-ring (bicyclic) bond motifs is 12. The second kappa shape index (κ2) is 22.0. The van der Waals surface area contributed by atoms with Gasteiger partial charge >= 0.3 is 0 Å². The molecule has 7 heteroatoms. The molecule has 7 nitrogen and oxygen atoms in total. The molecule has 0 aliphatic heterocycles. The average molecular weight is 1220 g/mol. The van der Waals surface area contributed by atoms with Gasteiger partial charge in [0.2, 0.25) is 0 Å². The summed E-state index contributed by atoms with van der Waals surface area (Å²) in [6.07, 6.45) is 0.